The van der Waals surface area contributed by atoms with Crippen molar-refractivity contribution < 1.29 is 0 Å². The molecule has 1 heterocycles. The maximum Gasteiger partial charge on any atom is 0.0911 e. The first-order chi connectivity index (χ1) is 14.6. The van der Waals surface area contributed by atoms with E-state index in [2.05, 4.69) is 109 Å². The molecule has 0 unspecified atom stereocenters. The summed E-state index contributed by atoms with van der Waals surface area (Å²) in [6.07, 6.45) is 0. The molecule has 0 N–H and O–H groups in total. The molecule has 5 rings (SSSR count). The van der Waals surface area contributed by atoms with Crippen molar-refractivity contribution in [1.82, 2.24) is 0 Å². The standard InChI is InChI=1S/C28H28N2/c1-20-15-21(2)26(22(3)16-20)18-30-19-29(27-13-6-7-14-28(27)30)17-24-11-8-10-23-9-4-5-12-25(23)24/h4-16H,17-19H2,1-3H3. The third-order valence-corrected chi connectivity index (χ3v) is 6.34. The van der Waals surface area contributed by atoms with Crippen molar-refractivity contribution in [1.29, 1.82) is 0 Å². The summed E-state index contributed by atoms with van der Waals surface area (Å²) in [4.78, 5) is 5.03. The van der Waals surface area contributed by atoms with Crippen molar-refractivity contribution >= 4 is 22.1 Å². The average Bonchev–Trinajstić information content (AvgIpc) is 3.08. The lowest BCUT2D eigenvalue weighted by Crippen LogP contribution is -2.30. The zero-order valence-corrected chi connectivity index (χ0v) is 18.0. The Balaban J connectivity index is 1.48. The summed E-state index contributed by atoms with van der Waals surface area (Å²) in [5.74, 6) is 0. The van der Waals surface area contributed by atoms with E-state index in [1.165, 1.54) is 50.0 Å². The van der Waals surface area contributed by atoms with E-state index in [1.54, 1.807) is 0 Å². The largest absolute Gasteiger partial charge is 0.348 e. The van der Waals surface area contributed by atoms with Gasteiger partial charge in [-0.2, -0.15) is 0 Å². The van der Waals surface area contributed by atoms with Gasteiger partial charge >= 0.3 is 0 Å². The van der Waals surface area contributed by atoms with Crippen molar-refractivity contribution in [2.45, 2.75) is 33.9 Å². The Morgan fingerprint density at radius 2 is 1.27 bits per heavy atom. The minimum Gasteiger partial charge on any atom is -0.348 e. The molecule has 0 aromatic heterocycles. The fraction of sp³-hybridized carbons (Fsp3) is 0.214. The van der Waals surface area contributed by atoms with Gasteiger partial charge in [0.15, 0.2) is 0 Å². The molecule has 0 bridgehead atoms. The highest BCUT2D eigenvalue weighted by atomic mass is 15.4. The molecule has 4 aromatic carbocycles. The number of rotatable bonds is 4. The lowest BCUT2D eigenvalue weighted by Gasteiger charge is -2.24. The summed E-state index contributed by atoms with van der Waals surface area (Å²) in [6, 6.07) is 28.8. The van der Waals surface area contributed by atoms with E-state index in [0.717, 1.165) is 19.8 Å². The highest BCUT2D eigenvalue weighted by Gasteiger charge is 2.26. The molecule has 0 amide bonds. The van der Waals surface area contributed by atoms with Gasteiger partial charge in [0.2, 0.25) is 0 Å². The van der Waals surface area contributed by atoms with E-state index in [0.29, 0.717) is 0 Å². The molecule has 1 aliphatic rings. The van der Waals surface area contributed by atoms with E-state index in [9.17, 15) is 0 Å². The zero-order valence-electron chi connectivity index (χ0n) is 18.0. The van der Waals surface area contributed by atoms with E-state index in [4.69, 9.17) is 0 Å². The second-order valence-corrected chi connectivity index (χ2v) is 8.54. The Hall–Kier alpha value is -3.26. The summed E-state index contributed by atoms with van der Waals surface area (Å²) < 4.78 is 0. The highest BCUT2D eigenvalue weighted by molar-refractivity contribution is 5.86. The Morgan fingerprint density at radius 1 is 0.667 bits per heavy atom. The SMILES string of the molecule is Cc1cc(C)c(CN2CN(Cc3cccc4ccccc34)c3ccccc32)c(C)c1. The maximum absolute atomic E-state index is 2.52. The van der Waals surface area contributed by atoms with Crippen LogP contribution in [-0.4, -0.2) is 6.67 Å². The smallest absolute Gasteiger partial charge is 0.0911 e. The van der Waals surface area contributed by atoms with Gasteiger partial charge in [0.1, 0.15) is 0 Å². The first-order valence-corrected chi connectivity index (χ1v) is 10.7. The zero-order chi connectivity index (χ0) is 20.7. The summed E-state index contributed by atoms with van der Waals surface area (Å²) in [6.45, 7) is 9.44. The van der Waals surface area contributed by atoms with Crippen molar-refractivity contribution in [3.63, 3.8) is 0 Å². The first kappa shape index (κ1) is 18.7. The van der Waals surface area contributed by atoms with Crippen molar-refractivity contribution in [3.8, 4) is 0 Å². The summed E-state index contributed by atoms with van der Waals surface area (Å²) >= 11 is 0. The second-order valence-electron chi connectivity index (χ2n) is 8.54. The van der Waals surface area contributed by atoms with Crippen molar-refractivity contribution in [3.05, 3.63) is 107 Å². The van der Waals surface area contributed by atoms with Crippen LogP contribution in [0.3, 0.4) is 0 Å². The number of benzene rings is 4. The predicted molar refractivity (Wildman–Crippen MR) is 128 cm³/mol. The van der Waals surface area contributed by atoms with Gasteiger partial charge in [-0.25, -0.2) is 0 Å². The molecule has 1 aliphatic heterocycles. The molecular weight excluding hydrogens is 364 g/mol. The van der Waals surface area contributed by atoms with Crippen LogP contribution in [0.2, 0.25) is 0 Å². The lowest BCUT2D eigenvalue weighted by atomic mass is 9.99. The van der Waals surface area contributed by atoms with Gasteiger partial charge in [0.25, 0.3) is 0 Å². The third-order valence-electron chi connectivity index (χ3n) is 6.34. The molecule has 30 heavy (non-hydrogen) atoms. The molecule has 0 saturated carbocycles. The van der Waals surface area contributed by atoms with Gasteiger partial charge in [-0.05, 0) is 65.9 Å². The molecule has 2 nitrogen and oxygen atoms in total. The van der Waals surface area contributed by atoms with Crippen LogP contribution in [0.15, 0.2) is 78.9 Å². The Bertz CT molecular complexity index is 1200. The Kier molecular flexibility index (Phi) is 4.71. The van der Waals surface area contributed by atoms with Crippen LogP contribution in [0.4, 0.5) is 11.4 Å². The van der Waals surface area contributed by atoms with Crippen LogP contribution < -0.4 is 9.80 Å². The fourth-order valence-corrected chi connectivity index (χ4v) is 4.91. The van der Waals surface area contributed by atoms with Gasteiger partial charge < -0.3 is 9.80 Å². The average molecular weight is 393 g/mol. The van der Waals surface area contributed by atoms with E-state index < -0.39 is 0 Å². The van der Waals surface area contributed by atoms with Crippen LogP contribution in [0.5, 0.6) is 0 Å². The molecule has 0 radical (unpaired) electrons. The first-order valence-electron chi connectivity index (χ1n) is 10.7. The van der Waals surface area contributed by atoms with Crippen LogP contribution in [0.1, 0.15) is 27.8 Å². The number of hydrogen-bond acceptors (Lipinski definition) is 2. The van der Waals surface area contributed by atoms with Crippen molar-refractivity contribution in [2.75, 3.05) is 16.5 Å². The van der Waals surface area contributed by atoms with E-state index in [-0.39, 0.29) is 0 Å². The Labute approximate surface area is 179 Å². The van der Waals surface area contributed by atoms with E-state index >= 15 is 0 Å². The monoisotopic (exact) mass is 392 g/mol. The number of nitrogens with zero attached hydrogens (tertiary/aromatic N) is 2. The summed E-state index contributed by atoms with van der Waals surface area (Å²) in [5, 5.41) is 2.66. The second kappa shape index (κ2) is 7.53. The summed E-state index contributed by atoms with van der Waals surface area (Å²) in [5.41, 5.74) is 9.60. The normalized spacial score (nSPS) is 13.2. The molecule has 0 atom stereocenters. The minimum atomic E-state index is 0.912. The number of anilines is 2. The topological polar surface area (TPSA) is 6.48 Å². The Morgan fingerprint density at radius 3 is 2.00 bits per heavy atom. The number of aryl methyl sites for hydroxylation is 3. The van der Waals surface area contributed by atoms with E-state index in [1.807, 2.05) is 0 Å². The lowest BCUT2D eigenvalue weighted by molar-refractivity contribution is 0.761. The fourth-order valence-electron chi connectivity index (χ4n) is 4.91. The van der Waals surface area contributed by atoms with Crippen LogP contribution in [-0.2, 0) is 13.1 Å². The molecule has 150 valence electrons. The molecule has 0 spiro atoms. The number of hydrogen-bond donors (Lipinski definition) is 0. The van der Waals surface area contributed by atoms with Crippen LogP contribution in [0.25, 0.3) is 10.8 Å². The van der Waals surface area contributed by atoms with Gasteiger partial charge in [-0.1, -0.05) is 72.3 Å². The summed E-state index contributed by atoms with van der Waals surface area (Å²) in [7, 11) is 0. The van der Waals surface area contributed by atoms with Crippen LogP contribution >= 0.6 is 0 Å². The van der Waals surface area contributed by atoms with Crippen LogP contribution in [0, 0.1) is 20.8 Å². The maximum atomic E-state index is 2.52. The molecular formula is C28H28N2. The van der Waals surface area contributed by atoms with Gasteiger partial charge in [0, 0.05) is 13.1 Å². The number of fused-ring (bicyclic) bond motifs is 2. The number of para-hydroxylation sites is 2. The quantitative estimate of drug-likeness (QED) is 0.379. The molecule has 2 heteroatoms. The molecule has 0 aliphatic carbocycles. The predicted octanol–water partition coefficient (Wildman–Crippen LogP) is 6.75. The molecule has 0 saturated heterocycles. The van der Waals surface area contributed by atoms with Gasteiger partial charge in [-0.3, -0.25) is 0 Å². The van der Waals surface area contributed by atoms with Gasteiger partial charge in [0.05, 0.1) is 18.0 Å². The van der Waals surface area contributed by atoms with Crippen molar-refractivity contribution in [2.24, 2.45) is 0 Å². The van der Waals surface area contributed by atoms with Gasteiger partial charge in [-0.15, -0.1) is 0 Å². The third kappa shape index (κ3) is 3.33. The molecule has 4 aromatic rings. The highest BCUT2D eigenvalue weighted by Crippen LogP contribution is 2.38. The molecule has 0 fully saturated rings. The minimum absolute atomic E-state index is 0.912.